The summed E-state index contributed by atoms with van der Waals surface area (Å²) in [6.45, 7) is 1.91. The van der Waals surface area contributed by atoms with Gasteiger partial charge in [-0.1, -0.05) is 13.3 Å². The van der Waals surface area contributed by atoms with E-state index in [0.717, 1.165) is 6.42 Å². The molecule has 0 aromatic carbocycles. The van der Waals surface area contributed by atoms with Crippen LogP contribution in [-0.4, -0.2) is 26.4 Å². The summed E-state index contributed by atoms with van der Waals surface area (Å²) in [6, 6.07) is 1.11. The van der Waals surface area contributed by atoms with Gasteiger partial charge in [-0.2, -0.15) is 9.66 Å². The average Bonchev–Trinajstić information content (AvgIpc) is 2.14. The minimum absolute atomic E-state index is 0.0573. The molecule has 0 aromatic heterocycles. The predicted octanol–water partition coefficient (Wildman–Crippen LogP) is 0.428. The molecule has 0 spiro atoms. The summed E-state index contributed by atoms with van der Waals surface area (Å²) in [5.74, 6) is 0.0573. The Labute approximate surface area is 84.7 Å². The highest BCUT2D eigenvalue weighted by Crippen LogP contribution is 1.98. The van der Waals surface area contributed by atoms with Crippen LogP contribution < -0.4 is 5.73 Å². The minimum Gasteiger partial charge on any atom is -0.316 e. The van der Waals surface area contributed by atoms with Gasteiger partial charge in [0.2, 0.25) is 0 Å². The summed E-state index contributed by atoms with van der Waals surface area (Å²) < 4.78 is 25.7. The molecule has 0 bridgehead atoms. The molecule has 0 aliphatic rings. The first-order valence-corrected chi connectivity index (χ1v) is 6.04. The third kappa shape index (κ3) is 6.57. The van der Waals surface area contributed by atoms with E-state index in [1.807, 2.05) is 6.92 Å². The normalized spacial score (nSPS) is 14.1. The van der Waals surface area contributed by atoms with Gasteiger partial charge in [0.1, 0.15) is 0 Å². The standard InChI is InChI=1S/C8H15N3O2S/c1-2-3-6-14(12,13)11-5-4-8(10)7-9/h5,8H,2-4,6,10H2,1H3/t8-/m0/s1. The Morgan fingerprint density at radius 1 is 1.64 bits per heavy atom. The van der Waals surface area contributed by atoms with Crippen molar-refractivity contribution < 1.29 is 8.42 Å². The number of nitrogens with zero attached hydrogens (tertiary/aromatic N) is 2. The van der Waals surface area contributed by atoms with E-state index in [2.05, 4.69) is 4.40 Å². The predicted molar refractivity (Wildman–Crippen MR) is 55.4 cm³/mol. The number of hydrogen-bond donors (Lipinski definition) is 1. The molecule has 0 aromatic rings. The Morgan fingerprint density at radius 3 is 2.79 bits per heavy atom. The lowest BCUT2D eigenvalue weighted by Crippen LogP contribution is -2.17. The first-order valence-electron chi connectivity index (χ1n) is 4.43. The molecule has 0 aliphatic carbocycles. The number of hydrogen-bond acceptors (Lipinski definition) is 4. The van der Waals surface area contributed by atoms with Crippen LogP contribution in [0.1, 0.15) is 26.2 Å². The maximum atomic E-state index is 11.1. The van der Waals surface area contributed by atoms with E-state index in [4.69, 9.17) is 11.0 Å². The number of rotatable bonds is 6. The van der Waals surface area contributed by atoms with Crippen LogP contribution in [0.4, 0.5) is 0 Å². The van der Waals surface area contributed by atoms with Gasteiger partial charge in [-0.15, -0.1) is 0 Å². The van der Waals surface area contributed by atoms with Gasteiger partial charge in [-0.05, 0) is 6.42 Å². The van der Waals surface area contributed by atoms with Crippen molar-refractivity contribution in [2.45, 2.75) is 32.2 Å². The van der Waals surface area contributed by atoms with Crippen LogP contribution in [-0.2, 0) is 10.0 Å². The Balaban J connectivity index is 4.04. The second-order valence-electron chi connectivity index (χ2n) is 2.90. The lowest BCUT2D eigenvalue weighted by Gasteiger charge is -1.97. The molecule has 6 heteroatoms. The van der Waals surface area contributed by atoms with Gasteiger partial charge >= 0.3 is 0 Å². The minimum atomic E-state index is -3.34. The molecule has 0 saturated heterocycles. The molecular formula is C8H15N3O2S. The zero-order chi connectivity index (χ0) is 11.0. The molecule has 0 amide bonds. The largest absolute Gasteiger partial charge is 0.316 e. The third-order valence-electron chi connectivity index (χ3n) is 1.52. The van der Waals surface area contributed by atoms with E-state index in [0.29, 0.717) is 6.42 Å². The summed E-state index contributed by atoms with van der Waals surface area (Å²) in [7, 11) is -3.34. The van der Waals surface area contributed by atoms with Crippen LogP contribution in [0.5, 0.6) is 0 Å². The fourth-order valence-electron chi connectivity index (χ4n) is 0.702. The first kappa shape index (κ1) is 13.1. The maximum absolute atomic E-state index is 11.1. The molecular weight excluding hydrogens is 202 g/mol. The van der Waals surface area contributed by atoms with Gasteiger partial charge in [0.05, 0.1) is 17.9 Å². The number of nitriles is 1. The molecule has 0 rings (SSSR count). The van der Waals surface area contributed by atoms with E-state index >= 15 is 0 Å². The SMILES string of the molecule is CCCCS(=O)(=O)N=CC[C@H](N)C#N. The molecule has 2 N–H and O–H groups in total. The maximum Gasteiger partial charge on any atom is 0.252 e. The van der Waals surface area contributed by atoms with Crippen molar-refractivity contribution in [3.63, 3.8) is 0 Å². The van der Waals surface area contributed by atoms with Crippen molar-refractivity contribution in [3.8, 4) is 6.07 Å². The molecule has 14 heavy (non-hydrogen) atoms. The average molecular weight is 217 g/mol. The van der Waals surface area contributed by atoms with Gasteiger partial charge in [0.25, 0.3) is 10.0 Å². The number of sulfonamides is 1. The van der Waals surface area contributed by atoms with E-state index in [9.17, 15) is 8.42 Å². The molecule has 0 heterocycles. The second kappa shape index (κ2) is 6.51. The Hall–Kier alpha value is -0.930. The molecule has 5 nitrogen and oxygen atoms in total. The third-order valence-corrected chi connectivity index (χ3v) is 2.79. The fourth-order valence-corrected chi connectivity index (χ4v) is 1.77. The highest BCUT2D eigenvalue weighted by atomic mass is 32.2. The molecule has 0 fully saturated rings. The number of unbranched alkanes of at least 4 members (excludes halogenated alkanes) is 1. The van der Waals surface area contributed by atoms with Crippen LogP contribution >= 0.6 is 0 Å². The summed E-state index contributed by atoms with van der Waals surface area (Å²) in [5.41, 5.74) is 5.26. The summed E-state index contributed by atoms with van der Waals surface area (Å²) in [6.07, 6.45) is 2.77. The van der Waals surface area contributed by atoms with Crippen molar-refractivity contribution in [2.24, 2.45) is 10.1 Å². The Morgan fingerprint density at radius 2 is 2.29 bits per heavy atom. The highest BCUT2D eigenvalue weighted by Gasteiger charge is 2.05. The number of nitrogens with two attached hydrogens (primary N) is 1. The van der Waals surface area contributed by atoms with Gasteiger partial charge in [0.15, 0.2) is 0 Å². The Bertz CT molecular complexity index is 316. The fraction of sp³-hybridized carbons (Fsp3) is 0.750. The zero-order valence-corrected chi connectivity index (χ0v) is 9.00. The van der Waals surface area contributed by atoms with Crippen molar-refractivity contribution in [1.82, 2.24) is 0 Å². The van der Waals surface area contributed by atoms with Gasteiger partial charge in [-0.3, -0.25) is 0 Å². The summed E-state index contributed by atoms with van der Waals surface area (Å²) >= 11 is 0. The molecule has 0 aliphatic heterocycles. The van der Waals surface area contributed by atoms with Gasteiger partial charge < -0.3 is 5.73 Å². The van der Waals surface area contributed by atoms with Gasteiger partial charge in [0, 0.05) is 12.6 Å². The van der Waals surface area contributed by atoms with Crippen molar-refractivity contribution in [3.05, 3.63) is 0 Å². The molecule has 1 atom stereocenters. The first-order chi connectivity index (χ1) is 6.52. The van der Waals surface area contributed by atoms with Crippen LogP contribution in [0.3, 0.4) is 0 Å². The molecule has 0 unspecified atom stereocenters. The van der Waals surface area contributed by atoms with E-state index in [-0.39, 0.29) is 12.2 Å². The van der Waals surface area contributed by atoms with Crippen molar-refractivity contribution in [2.75, 3.05) is 5.75 Å². The quantitative estimate of drug-likeness (QED) is 0.652. The van der Waals surface area contributed by atoms with Crippen LogP contribution in [0.25, 0.3) is 0 Å². The van der Waals surface area contributed by atoms with Crippen molar-refractivity contribution in [1.29, 1.82) is 5.26 Å². The van der Waals surface area contributed by atoms with Gasteiger partial charge in [-0.25, -0.2) is 8.42 Å². The van der Waals surface area contributed by atoms with Crippen LogP contribution in [0, 0.1) is 11.3 Å². The van der Waals surface area contributed by atoms with Crippen molar-refractivity contribution >= 4 is 16.2 Å². The molecule has 80 valence electrons. The summed E-state index contributed by atoms with van der Waals surface area (Å²) in [5, 5.41) is 8.32. The molecule has 0 saturated carbocycles. The second-order valence-corrected chi connectivity index (χ2v) is 4.68. The smallest absolute Gasteiger partial charge is 0.252 e. The molecule has 0 radical (unpaired) electrons. The summed E-state index contributed by atoms with van der Waals surface area (Å²) in [4.78, 5) is 0. The highest BCUT2D eigenvalue weighted by molar-refractivity contribution is 7.90. The topological polar surface area (TPSA) is 96.3 Å². The van der Waals surface area contributed by atoms with E-state index in [1.54, 1.807) is 6.07 Å². The monoisotopic (exact) mass is 217 g/mol. The van der Waals surface area contributed by atoms with Crippen LogP contribution in [0.15, 0.2) is 4.40 Å². The lowest BCUT2D eigenvalue weighted by atomic mass is 10.3. The lowest BCUT2D eigenvalue weighted by molar-refractivity contribution is 0.594. The zero-order valence-electron chi connectivity index (χ0n) is 8.18. The van der Waals surface area contributed by atoms with E-state index in [1.165, 1.54) is 6.21 Å². The van der Waals surface area contributed by atoms with Crippen LogP contribution in [0.2, 0.25) is 0 Å². The van der Waals surface area contributed by atoms with E-state index < -0.39 is 16.1 Å². The Kier molecular flexibility index (Phi) is 6.08.